The third-order valence-electron chi connectivity index (χ3n) is 5.47. The molecular weight excluding hydrogens is 310 g/mol. The number of para-hydroxylation sites is 1. The predicted molar refractivity (Wildman–Crippen MR) is 106 cm³/mol. The molecular formula is C20H33N5. The summed E-state index contributed by atoms with van der Waals surface area (Å²) in [5.74, 6) is 0. The molecule has 1 aromatic carbocycles. The van der Waals surface area contributed by atoms with Crippen molar-refractivity contribution in [2.45, 2.75) is 52.4 Å². The quantitative estimate of drug-likeness (QED) is 0.740. The molecule has 0 fully saturated rings. The first-order chi connectivity index (χ1) is 11.9. The molecule has 1 aromatic rings. The minimum absolute atomic E-state index is 0.0526. The van der Waals surface area contributed by atoms with E-state index in [1.165, 1.54) is 29.8 Å². The van der Waals surface area contributed by atoms with E-state index in [1.54, 1.807) is 0 Å². The van der Waals surface area contributed by atoms with Gasteiger partial charge >= 0.3 is 0 Å². The summed E-state index contributed by atoms with van der Waals surface area (Å²) in [5, 5.41) is 3.74. The Morgan fingerprint density at radius 2 is 1.96 bits per heavy atom. The SMILES string of the molecule is CCCCC1NC2=C(c3ccccc3N(C)C2N)N1CC(C)(C)CN. The number of anilines is 1. The molecule has 0 amide bonds. The number of nitrogens with zero attached hydrogens (tertiary/aromatic N) is 2. The zero-order valence-electron chi connectivity index (χ0n) is 16.0. The fourth-order valence-electron chi connectivity index (χ4n) is 3.83. The lowest BCUT2D eigenvalue weighted by Crippen LogP contribution is -2.47. The van der Waals surface area contributed by atoms with Crippen LogP contribution < -0.4 is 21.7 Å². The summed E-state index contributed by atoms with van der Waals surface area (Å²) in [7, 11) is 2.07. The number of benzene rings is 1. The second-order valence-corrected chi connectivity index (χ2v) is 8.13. The normalized spacial score (nSPS) is 22.8. The van der Waals surface area contributed by atoms with Crippen molar-refractivity contribution in [3.8, 4) is 0 Å². The van der Waals surface area contributed by atoms with Gasteiger partial charge in [0.15, 0.2) is 0 Å². The Morgan fingerprint density at radius 3 is 2.64 bits per heavy atom. The third kappa shape index (κ3) is 3.23. The summed E-state index contributed by atoms with van der Waals surface area (Å²) in [4.78, 5) is 4.68. The van der Waals surface area contributed by atoms with Gasteiger partial charge in [0.25, 0.3) is 0 Å². The molecule has 5 heteroatoms. The third-order valence-corrected chi connectivity index (χ3v) is 5.47. The van der Waals surface area contributed by atoms with Crippen LogP contribution in [0.5, 0.6) is 0 Å². The maximum absolute atomic E-state index is 6.58. The van der Waals surface area contributed by atoms with Crippen molar-refractivity contribution < 1.29 is 0 Å². The summed E-state index contributed by atoms with van der Waals surface area (Å²) >= 11 is 0. The molecule has 2 aliphatic heterocycles. The predicted octanol–water partition coefficient (Wildman–Crippen LogP) is 2.50. The molecule has 0 aliphatic carbocycles. The molecule has 3 rings (SSSR count). The van der Waals surface area contributed by atoms with Gasteiger partial charge in [0.2, 0.25) is 0 Å². The Labute approximate surface area is 152 Å². The fraction of sp³-hybridized carbons (Fsp3) is 0.600. The van der Waals surface area contributed by atoms with Crippen molar-refractivity contribution >= 4 is 11.4 Å². The maximum atomic E-state index is 6.58. The van der Waals surface area contributed by atoms with E-state index in [4.69, 9.17) is 11.5 Å². The first kappa shape index (κ1) is 18.1. The van der Waals surface area contributed by atoms with Gasteiger partial charge in [-0.2, -0.15) is 0 Å². The number of rotatable bonds is 6. The van der Waals surface area contributed by atoms with Crippen molar-refractivity contribution in [3.63, 3.8) is 0 Å². The minimum Gasteiger partial charge on any atom is -0.364 e. The van der Waals surface area contributed by atoms with Crippen molar-refractivity contribution in [2.24, 2.45) is 16.9 Å². The zero-order valence-corrected chi connectivity index (χ0v) is 16.0. The lowest BCUT2D eigenvalue weighted by Gasteiger charge is -2.38. The number of likely N-dealkylation sites (N-methyl/N-ethyl adjacent to an activating group) is 1. The number of hydrogen-bond acceptors (Lipinski definition) is 5. The number of hydrogen-bond donors (Lipinski definition) is 3. The van der Waals surface area contributed by atoms with Gasteiger partial charge < -0.3 is 26.6 Å². The van der Waals surface area contributed by atoms with Crippen LogP contribution in [-0.4, -0.2) is 37.4 Å². The number of fused-ring (bicyclic) bond motifs is 2. The molecule has 2 heterocycles. The lowest BCUT2D eigenvalue weighted by molar-refractivity contribution is 0.191. The van der Waals surface area contributed by atoms with E-state index in [1.807, 2.05) is 0 Å². The van der Waals surface area contributed by atoms with Gasteiger partial charge in [-0.1, -0.05) is 45.4 Å². The Kier molecular flexibility index (Phi) is 4.98. The van der Waals surface area contributed by atoms with Gasteiger partial charge in [0, 0.05) is 24.8 Å². The molecule has 138 valence electrons. The molecule has 2 atom stereocenters. The van der Waals surface area contributed by atoms with Crippen LogP contribution in [0, 0.1) is 5.41 Å². The summed E-state index contributed by atoms with van der Waals surface area (Å²) in [6, 6.07) is 8.56. The van der Waals surface area contributed by atoms with E-state index in [0.29, 0.717) is 12.7 Å². The van der Waals surface area contributed by atoms with E-state index >= 15 is 0 Å². The van der Waals surface area contributed by atoms with Crippen molar-refractivity contribution in [3.05, 3.63) is 35.5 Å². The molecule has 2 aliphatic rings. The van der Waals surface area contributed by atoms with Gasteiger partial charge in [-0.25, -0.2) is 0 Å². The van der Waals surface area contributed by atoms with E-state index in [9.17, 15) is 0 Å². The van der Waals surface area contributed by atoms with Gasteiger partial charge in [0.05, 0.1) is 17.6 Å². The molecule has 25 heavy (non-hydrogen) atoms. The van der Waals surface area contributed by atoms with Gasteiger partial charge in [-0.15, -0.1) is 0 Å². The van der Waals surface area contributed by atoms with Gasteiger partial charge in [-0.05, 0) is 30.9 Å². The molecule has 0 saturated carbocycles. The van der Waals surface area contributed by atoms with E-state index in [-0.39, 0.29) is 11.6 Å². The maximum Gasteiger partial charge on any atom is 0.120 e. The number of nitrogens with one attached hydrogen (secondary N) is 1. The molecule has 0 saturated heterocycles. The molecule has 0 aromatic heterocycles. The van der Waals surface area contributed by atoms with Crippen molar-refractivity contribution in [1.29, 1.82) is 0 Å². The number of unbranched alkanes of at least 4 members (excludes halogenated alkanes) is 1. The second-order valence-electron chi connectivity index (χ2n) is 8.13. The monoisotopic (exact) mass is 343 g/mol. The van der Waals surface area contributed by atoms with Crippen molar-refractivity contribution in [1.82, 2.24) is 10.2 Å². The van der Waals surface area contributed by atoms with Crippen LogP contribution in [0.4, 0.5) is 5.69 Å². The molecule has 0 bridgehead atoms. The van der Waals surface area contributed by atoms with Crippen molar-refractivity contribution in [2.75, 3.05) is 25.0 Å². The largest absolute Gasteiger partial charge is 0.364 e. The number of nitrogens with two attached hydrogens (primary N) is 2. The average Bonchev–Trinajstić information content (AvgIpc) is 2.96. The standard InChI is InChI=1S/C20H33N5/c1-5-6-11-16-23-17-18(25(16)13-20(2,3)12-21)14-9-7-8-10-15(14)24(4)19(17)22/h7-10,16,19,23H,5-6,11-13,21-22H2,1-4H3. The van der Waals surface area contributed by atoms with Crippen LogP contribution in [0.1, 0.15) is 45.6 Å². The summed E-state index contributed by atoms with van der Waals surface area (Å²) in [5.41, 5.74) is 17.6. The van der Waals surface area contributed by atoms with E-state index < -0.39 is 0 Å². The summed E-state index contributed by atoms with van der Waals surface area (Å²) < 4.78 is 0. The smallest absolute Gasteiger partial charge is 0.120 e. The second kappa shape index (κ2) is 6.89. The Balaban J connectivity index is 2.03. The first-order valence-corrected chi connectivity index (χ1v) is 9.45. The fourth-order valence-corrected chi connectivity index (χ4v) is 3.83. The van der Waals surface area contributed by atoms with Crippen LogP contribution >= 0.6 is 0 Å². The molecule has 5 nitrogen and oxygen atoms in total. The Morgan fingerprint density at radius 1 is 1.24 bits per heavy atom. The van der Waals surface area contributed by atoms with E-state index in [2.05, 4.69) is 67.2 Å². The molecule has 5 N–H and O–H groups in total. The highest BCUT2D eigenvalue weighted by Gasteiger charge is 2.41. The average molecular weight is 344 g/mol. The summed E-state index contributed by atoms with van der Waals surface area (Å²) in [6.45, 7) is 8.31. The van der Waals surface area contributed by atoms with Gasteiger partial charge in [-0.3, -0.25) is 0 Å². The van der Waals surface area contributed by atoms with Crippen LogP contribution in [0.25, 0.3) is 5.70 Å². The highest BCUT2D eigenvalue weighted by molar-refractivity contribution is 5.83. The first-order valence-electron chi connectivity index (χ1n) is 9.45. The Hall–Kier alpha value is -1.72. The lowest BCUT2D eigenvalue weighted by atomic mass is 9.91. The highest BCUT2D eigenvalue weighted by Crippen LogP contribution is 2.42. The van der Waals surface area contributed by atoms with Crippen LogP contribution in [0.3, 0.4) is 0 Å². The van der Waals surface area contributed by atoms with Crippen LogP contribution in [0.15, 0.2) is 30.0 Å². The topological polar surface area (TPSA) is 70.5 Å². The minimum atomic E-state index is -0.139. The Bertz CT molecular complexity index is 651. The molecule has 0 spiro atoms. The van der Waals surface area contributed by atoms with Gasteiger partial charge in [0.1, 0.15) is 6.17 Å². The molecule has 0 radical (unpaired) electrons. The highest BCUT2D eigenvalue weighted by atomic mass is 15.4. The van der Waals surface area contributed by atoms with Crippen LogP contribution in [-0.2, 0) is 0 Å². The van der Waals surface area contributed by atoms with E-state index in [0.717, 1.165) is 18.7 Å². The molecule has 2 unspecified atom stereocenters. The summed E-state index contributed by atoms with van der Waals surface area (Å²) in [6.07, 6.45) is 3.66. The zero-order chi connectivity index (χ0) is 18.2. The van der Waals surface area contributed by atoms with Crippen LogP contribution in [0.2, 0.25) is 0 Å².